The van der Waals surface area contributed by atoms with Crippen molar-refractivity contribution in [3.05, 3.63) is 88.8 Å². The predicted octanol–water partition coefficient (Wildman–Crippen LogP) is 6.43. The maximum Gasteiger partial charge on any atom is 0.336 e. The van der Waals surface area contributed by atoms with Gasteiger partial charge in [0.15, 0.2) is 0 Å². The highest BCUT2D eigenvalue weighted by Gasteiger charge is 2.16. The molecule has 29 heavy (non-hydrogen) atoms. The molecular formula is C23H15F2NO2S. The van der Waals surface area contributed by atoms with Crippen LogP contribution < -0.4 is 0 Å². The molecule has 0 spiro atoms. The quantitative estimate of drug-likeness (QED) is 0.424. The van der Waals surface area contributed by atoms with Gasteiger partial charge in [-0.1, -0.05) is 36.4 Å². The van der Waals surface area contributed by atoms with E-state index >= 15 is 0 Å². The van der Waals surface area contributed by atoms with Crippen LogP contribution in [0.2, 0.25) is 0 Å². The largest absolute Gasteiger partial charge is 0.478 e. The number of thiazole rings is 1. The number of carboxylic acid groups (broad SMARTS) is 1. The van der Waals surface area contributed by atoms with E-state index in [1.54, 1.807) is 17.5 Å². The number of hydrogen-bond donors (Lipinski definition) is 1. The standard InChI is InChI=1S/C23H15F2NO2S/c1-13-4-2-3-5-18(13)19-7-6-14(10-20(19)23(27)28)22-26-21(12-29-22)15-8-16(24)11-17(25)9-15/h2-12H,1H3,(H,27,28). The van der Waals surface area contributed by atoms with Crippen molar-refractivity contribution in [1.29, 1.82) is 0 Å². The van der Waals surface area contributed by atoms with Crippen molar-refractivity contribution < 1.29 is 18.7 Å². The van der Waals surface area contributed by atoms with Gasteiger partial charge in [-0.25, -0.2) is 18.6 Å². The minimum atomic E-state index is -1.03. The third kappa shape index (κ3) is 3.79. The van der Waals surface area contributed by atoms with Crippen LogP contribution in [0.5, 0.6) is 0 Å². The average molecular weight is 407 g/mol. The number of halogens is 2. The van der Waals surface area contributed by atoms with Gasteiger partial charge < -0.3 is 5.11 Å². The zero-order valence-electron chi connectivity index (χ0n) is 15.3. The number of aryl methyl sites for hydroxylation is 1. The molecule has 6 heteroatoms. The van der Waals surface area contributed by atoms with Crippen LogP contribution in [0.15, 0.2) is 66.0 Å². The first kappa shape index (κ1) is 19.0. The molecule has 0 radical (unpaired) electrons. The molecule has 3 nitrogen and oxygen atoms in total. The number of carboxylic acids is 1. The minimum Gasteiger partial charge on any atom is -0.478 e. The molecule has 3 aromatic carbocycles. The normalized spacial score (nSPS) is 10.9. The Morgan fingerprint density at radius 1 is 0.931 bits per heavy atom. The fourth-order valence-corrected chi connectivity index (χ4v) is 4.03. The summed E-state index contributed by atoms with van der Waals surface area (Å²) in [5.74, 6) is -2.38. The number of benzene rings is 3. The Labute approximate surface area is 169 Å². The van der Waals surface area contributed by atoms with Crippen molar-refractivity contribution in [2.45, 2.75) is 6.92 Å². The highest BCUT2D eigenvalue weighted by atomic mass is 32.1. The summed E-state index contributed by atoms with van der Waals surface area (Å²) in [5, 5.41) is 12.0. The summed E-state index contributed by atoms with van der Waals surface area (Å²) < 4.78 is 27.0. The minimum absolute atomic E-state index is 0.172. The average Bonchev–Trinajstić information content (AvgIpc) is 3.17. The van der Waals surface area contributed by atoms with Crippen LogP contribution in [0.25, 0.3) is 33.0 Å². The third-order valence-electron chi connectivity index (χ3n) is 4.59. The molecule has 144 valence electrons. The summed E-state index contributed by atoms with van der Waals surface area (Å²) in [4.78, 5) is 16.3. The van der Waals surface area contributed by atoms with Gasteiger partial charge in [-0.3, -0.25) is 0 Å². The summed E-state index contributed by atoms with van der Waals surface area (Å²) in [5.41, 5.74) is 4.03. The second-order valence-corrected chi connectivity index (χ2v) is 7.43. The molecule has 4 aromatic rings. The molecule has 1 heterocycles. The van der Waals surface area contributed by atoms with Gasteiger partial charge >= 0.3 is 5.97 Å². The second kappa shape index (κ2) is 7.56. The third-order valence-corrected chi connectivity index (χ3v) is 5.49. The van der Waals surface area contributed by atoms with E-state index < -0.39 is 17.6 Å². The fourth-order valence-electron chi connectivity index (χ4n) is 3.20. The summed E-state index contributed by atoms with van der Waals surface area (Å²) in [6, 6.07) is 16.0. The van der Waals surface area contributed by atoms with E-state index in [-0.39, 0.29) is 5.56 Å². The Morgan fingerprint density at radius 2 is 1.66 bits per heavy atom. The number of carbonyl (C=O) groups is 1. The van der Waals surface area contributed by atoms with Crippen LogP contribution >= 0.6 is 11.3 Å². The van der Waals surface area contributed by atoms with Crippen LogP contribution in [0.1, 0.15) is 15.9 Å². The van der Waals surface area contributed by atoms with Gasteiger partial charge in [0.05, 0.1) is 11.3 Å². The molecular weight excluding hydrogens is 392 g/mol. The molecule has 4 rings (SSSR count). The molecule has 0 saturated carbocycles. The van der Waals surface area contributed by atoms with Crippen molar-refractivity contribution in [2.24, 2.45) is 0 Å². The SMILES string of the molecule is Cc1ccccc1-c1ccc(-c2nc(-c3cc(F)cc(F)c3)cs2)cc1C(=O)O. The Bertz CT molecular complexity index is 1210. The monoisotopic (exact) mass is 407 g/mol. The van der Waals surface area contributed by atoms with Crippen LogP contribution in [0.4, 0.5) is 8.78 Å². The van der Waals surface area contributed by atoms with Gasteiger partial charge in [0.2, 0.25) is 0 Å². The topological polar surface area (TPSA) is 50.2 Å². The summed E-state index contributed by atoms with van der Waals surface area (Å²) in [7, 11) is 0. The Morgan fingerprint density at radius 3 is 2.34 bits per heavy atom. The van der Waals surface area contributed by atoms with E-state index in [0.717, 1.165) is 17.2 Å². The molecule has 0 amide bonds. The van der Waals surface area contributed by atoms with E-state index in [4.69, 9.17) is 0 Å². The lowest BCUT2D eigenvalue weighted by Gasteiger charge is -2.10. The highest BCUT2D eigenvalue weighted by Crippen LogP contribution is 2.34. The van der Waals surface area contributed by atoms with Gasteiger partial charge in [0, 0.05) is 22.6 Å². The van der Waals surface area contributed by atoms with Crippen LogP contribution in [-0.2, 0) is 0 Å². The molecule has 0 bridgehead atoms. The van der Waals surface area contributed by atoms with Crippen molar-refractivity contribution in [3.8, 4) is 33.0 Å². The predicted molar refractivity (Wildman–Crippen MR) is 110 cm³/mol. The maximum absolute atomic E-state index is 13.5. The first-order chi connectivity index (χ1) is 13.9. The Hall–Kier alpha value is -3.38. The van der Waals surface area contributed by atoms with Crippen LogP contribution in [0, 0.1) is 18.6 Å². The first-order valence-electron chi connectivity index (χ1n) is 8.78. The smallest absolute Gasteiger partial charge is 0.336 e. The fraction of sp³-hybridized carbons (Fsp3) is 0.0435. The second-order valence-electron chi connectivity index (χ2n) is 6.58. The van der Waals surface area contributed by atoms with Crippen LogP contribution in [0.3, 0.4) is 0 Å². The lowest BCUT2D eigenvalue weighted by molar-refractivity contribution is 0.0698. The Balaban J connectivity index is 1.77. The lowest BCUT2D eigenvalue weighted by atomic mass is 9.94. The van der Waals surface area contributed by atoms with Crippen molar-refractivity contribution >= 4 is 17.3 Å². The van der Waals surface area contributed by atoms with Gasteiger partial charge in [0.25, 0.3) is 0 Å². The molecule has 0 aliphatic heterocycles. The van der Waals surface area contributed by atoms with Crippen molar-refractivity contribution in [3.63, 3.8) is 0 Å². The number of nitrogens with zero attached hydrogens (tertiary/aromatic N) is 1. The van der Waals surface area contributed by atoms with Crippen molar-refractivity contribution in [1.82, 2.24) is 4.98 Å². The molecule has 1 N–H and O–H groups in total. The number of hydrogen-bond acceptors (Lipinski definition) is 3. The molecule has 0 unspecified atom stereocenters. The van der Waals surface area contributed by atoms with E-state index in [1.807, 2.05) is 37.3 Å². The number of aromatic nitrogens is 1. The highest BCUT2D eigenvalue weighted by molar-refractivity contribution is 7.13. The van der Waals surface area contributed by atoms with Gasteiger partial charge in [0.1, 0.15) is 16.6 Å². The van der Waals surface area contributed by atoms with E-state index in [0.29, 0.717) is 27.4 Å². The van der Waals surface area contributed by atoms with E-state index in [1.165, 1.54) is 23.5 Å². The molecule has 0 aliphatic rings. The number of aromatic carboxylic acids is 1. The van der Waals surface area contributed by atoms with Gasteiger partial charge in [-0.2, -0.15) is 0 Å². The van der Waals surface area contributed by atoms with Crippen LogP contribution in [-0.4, -0.2) is 16.1 Å². The summed E-state index contributed by atoms with van der Waals surface area (Å²) >= 11 is 1.29. The molecule has 0 atom stereocenters. The maximum atomic E-state index is 13.5. The van der Waals surface area contributed by atoms with E-state index in [9.17, 15) is 18.7 Å². The molecule has 0 aliphatic carbocycles. The summed E-state index contributed by atoms with van der Waals surface area (Å²) in [6.07, 6.45) is 0. The first-order valence-corrected chi connectivity index (χ1v) is 9.66. The van der Waals surface area contributed by atoms with Gasteiger partial charge in [-0.15, -0.1) is 11.3 Å². The zero-order valence-corrected chi connectivity index (χ0v) is 16.1. The lowest BCUT2D eigenvalue weighted by Crippen LogP contribution is -2.01. The summed E-state index contributed by atoms with van der Waals surface area (Å²) in [6.45, 7) is 1.93. The number of rotatable bonds is 4. The van der Waals surface area contributed by atoms with Gasteiger partial charge in [-0.05, 0) is 41.8 Å². The van der Waals surface area contributed by atoms with Crippen molar-refractivity contribution in [2.75, 3.05) is 0 Å². The molecule has 0 fully saturated rings. The Kier molecular flexibility index (Phi) is 4.94. The van der Waals surface area contributed by atoms with E-state index in [2.05, 4.69) is 4.98 Å². The zero-order chi connectivity index (χ0) is 20.5. The molecule has 1 aromatic heterocycles. The molecule has 0 saturated heterocycles.